The van der Waals surface area contributed by atoms with Crippen LogP contribution in [0.3, 0.4) is 0 Å². The molecule has 2 aliphatic rings. The van der Waals surface area contributed by atoms with Crippen LogP contribution in [-0.4, -0.2) is 73.6 Å². The average Bonchev–Trinajstić information content (AvgIpc) is 3.11. The number of anilines is 1. The van der Waals surface area contributed by atoms with Crippen molar-refractivity contribution in [2.75, 3.05) is 50.7 Å². The molecule has 0 bridgehead atoms. The molecule has 2 fully saturated rings. The minimum atomic E-state index is 0.172. The average molecular weight is 330 g/mol. The number of nitrogens with one attached hydrogen (secondary N) is 1. The van der Waals surface area contributed by atoms with Gasteiger partial charge in [0.2, 0.25) is 5.91 Å². The van der Waals surface area contributed by atoms with Crippen LogP contribution in [0.4, 0.5) is 5.69 Å². The van der Waals surface area contributed by atoms with Crippen molar-refractivity contribution in [3.05, 3.63) is 30.3 Å². The fourth-order valence-electron chi connectivity index (χ4n) is 3.82. The van der Waals surface area contributed by atoms with Gasteiger partial charge in [-0.15, -0.1) is 0 Å². The normalized spacial score (nSPS) is 22.9. The van der Waals surface area contributed by atoms with Crippen LogP contribution in [0.25, 0.3) is 0 Å². The lowest BCUT2D eigenvalue weighted by Crippen LogP contribution is -2.53. The number of carbonyl (C=O) groups is 1. The van der Waals surface area contributed by atoms with Crippen LogP contribution in [0.1, 0.15) is 20.3 Å². The van der Waals surface area contributed by atoms with Crippen molar-refractivity contribution in [2.24, 2.45) is 0 Å². The van der Waals surface area contributed by atoms with Gasteiger partial charge in [-0.1, -0.05) is 18.2 Å². The molecule has 1 amide bonds. The molecule has 0 aliphatic carbocycles. The Balaban J connectivity index is 1.54. The molecule has 1 N–H and O–H groups in total. The van der Waals surface area contributed by atoms with E-state index in [0.29, 0.717) is 12.6 Å². The molecule has 5 nitrogen and oxygen atoms in total. The standard InChI is InChI=1S/C19H30N4O/c1-16(2)23(17-6-4-3-5-7-17)19(24)15-21-10-12-22(13-11-21)18-8-9-20-14-18/h3-7,16,18,20H,8-15H2,1-2H3. The maximum atomic E-state index is 12.9. The third kappa shape index (κ3) is 4.15. The zero-order valence-electron chi connectivity index (χ0n) is 14.9. The highest BCUT2D eigenvalue weighted by molar-refractivity contribution is 5.95. The van der Waals surface area contributed by atoms with Crippen molar-refractivity contribution >= 4 is 11.6 Å². The van der Waals surface area contributed by atoms with E-state index in [1.165, 1.54) is 6.42 Å². The summed E-state index contributed by atoms with van der Waals surface area (Å²) in [6, 6.07) is 10.9. The van der Waals surface area contributed by atoms with E-state index in [1.807, 2.05) is 35.2 Å². The molecular weight excluding hydrogens is 300 g/mol. The maximum absolute atomic E-state index is 12.9. The quantitative estimate of drug-likeness (QED) is 0.886. The Labute approximate surface area is 145 Å². The SMILES string of the molecule is CC(C)N(C(=O)CN1CCN(C2CCNC2)CC1)c1ccccc1. The minimum absolute atomic E-state index is 0.172. The molecule has 24 heavy (non-hydrogen) atoms. The molecule has 132 valence electrons. The molecule has 1 aromatic carbocycles. The lowest BCUT2D eigenvalue weighted by atomic mass is 10.2. The minimum Gasteiger partial charge on any atom is -0.315 e. The first kappa shape index (κ1) is 17.4. The summed E-state index contributed by atoms with van der Waals surface area (Å²) >= 11 is 0. The van der Waals surface area contributed by atoms with Crippen molar-refractivity contribution in [1.82, 2.24) is 15.1 Å². The first-order valence-electron chi connectivity index (χ1n) is 9.19. The fourth-order valence-corrected chi connectivity index (χ4v) is 3.82. The summed E-state index contributed by atoms with van der Waals surface area (Å²) in [6.45, 7) is 11.1. The van der Waals surface area contributed by atoms with Crippen LogP contribution in [0, 0.1) is 0 Å². The van der Waals surface area contributed by atoms with E-state index < -0.39 is 0 Å². The topological polar surface area (TPSA) is 38.8 Å². The molecule has 0 radical (unpaired) electrons. The molecule has 1 atom stereocenters. The van der Waals surface area contributed by atoms with Crippen molar-refractivity contribution in [1.29, 1.82) is 0 Å². The van der Waals surface area contributed by atoms with Gasteiger partial charge in [0, 0.05) is 50.5 Å². The van der Waals surface area contributed by atoms with E-state index in [0.717, 1.165) is 45.0 Å². The van der Waals surface area contributed by atoms with E-state index in [9.17, 15) is 4.79 Å². The molecule has 3 rings (SSSR count). The van der Waals surface area contributed by atoms with Crippen molar-refractivity contribution in [3.8, 4) is 0 Å². The lowest BCUT2D eigenvalue weighted by molar-refractivity contribution is -0.120. The summed E-state index contributed by atoms with van der Waals surface area (Å²) < 4.78 is 0. The van der Waals surface area contributed by atoms with Gasteiger partial charge in [0.05, 0.1) is 6.54 Å². The highest BCUT2D eigenvalue weighted by Gasteiger charge is 2.28. The summed E-state index contributed by atoms with van der Waals surface area (Å²) in [5, 5.41) is 3.44. The Morgan fingerprint density at radius 3 is 2.50 bits per heavy atom. The molecule has 0 saturated carbocycles. The molecule has 2 aliphatic heterocycles. The number of amides is 1. The van der Waals surface area contributed by atoms with Gasteiger partial charge < -0.3 is 10.2 Å². The summed E-state index contributed by atoms with van der Waals surface area (Å²) in [6.07, 6.45) is 1.26. The number of piperazine rings is 1. The summed E-state index contributed by atoms with van der Waals surface area (Å²) in [7, 11) is 0. The number of para-hydroxylation sites is 1. The smallest absolute Gasteiger partial charge is 0.241 e. The van der Waals surface area contributed by atoms with Crippen LogP contribution in [0.5, 0.6) is 0 Å². The van der Waals surface area contributed by atoms with E-state index in [-0.39, 0.29) is 11.9 Å². The second-order valence-corrected chi connectivity index (χ2v) is 7.15. The number of hydrogen-bond acceptors (Lipinski definition) is 4. The van der Waals surface area contributed by atoms with Crippen LogP contribution in [0.2, 0.25) is 0 Å². The Morgan fingerprint density at radius 1 is 1.21 bits per heavy atom. The molecule has 1 unspecified atom stereocenters. The van der Waals surface area contributed by atoms with Crippen LogP contribution in [-0.2, 0) is 4.79 Å². The lowest BCUT2D eigenvalue weighted by Gasteiger charge is -2.38. The molecule has 2 heterocycles. The summed E-state index contributed by atoms with van der Waals surface area (Å²) in [5.74, 6) is 0.201. The third-order valence-electron chi connectivity index (χ3n) is 5.14. The van der Waals surface area contributed by atoms with Crippen molar-refractivity contribution in [3.63, 3.8) is 0 Å². The highest BCUT2D eigenvalue weighted by atomic mass is 16.2. The third-order valence-corrected chi connectivity index (χ3v) is 5.14. The van der Waals surface area contributed by atoms with Crippen LogP contribution >= 0.6 is 0 Å². The van der Waals surface area contributed by atoms with Gasteiger partial charge in [-0.05, 0) is 38.9 Å². The van der Waals surface area contributed by atoms with E-state index in [4.69, 9.17) is 0 Å². The van der Waals surface area contributed by atoms with E-state index in [1.54, 1.807) is 0 Å². The van der Waals surface area contributed by atoms with Gasteiger partial charge in [0.15, 0.2) is 0 Å². The van der Waals surface area contributed by atoms with Gasteiger partial charge in [-0.3, -0.25) is 14.6 Å². The zero-order chi connectivity index (χ0) is 16.9. The predicted molar refractivity (Wildman–Crippen MR) is 98.4 cm³/mol. The Bertz CT molecular complexity index is 519. The molecule has 2 saturated heterocycles. The molecule has 5 heteroatoms. The highest BCUT2D eigenvalue weighted by Crippen LogP contribution is 2.18. The molecule has 0 aromatic heterocycles. The Hall–Kier alpha value is -1.43. The second kappa shape index (κ2) is 8.10. The molecule has 0 spiro atoms. The van der Waals surface area contributed by atoms with Gasteiger partial charge in [0.25, 0.3) is 0 Å². The van der Waals surface area contributed by atoms with Crippen molar-refractivity contribution < 1.29 is 4.79 Å². The molecular formula is C19H30N4O. The largest absolute Gasteiger partial charge is 0.315 e. The molecule has 1 aromatic rings. The van der Waals surface area contributed by atoms with Gasteiger partial charge in [-0.2, -0.15) is 0 Å². The summed E-state index contributed by atoms with van der Waals surface area (Å²) in [4.78, 5) is 19.7. The second-order valence-electron chi connectivity index (χ2n) is 7.15. The predicted octanol–water partition coefficient (Wildman–Crippen LogP) is 1.41. The Morgan fingerprint density at radius 2 is 1.92 bits per heavy atom. The van der Waals surface area contributed by atoms with E-state index >= 15 is 0 Å². The first-order chi connectivity index (χ1) is 11.6. The zero-order valence-corrected chi connectivity index (χ0v) is 14.9. The number of hydrogen-bond donors (Lipinski definition) is 1. The number of rotatable bonds is 5. The summed E-state index contributed by atoms with van der Waals surface area (Å²) in [5.41, 5.74) is 0.994. The van der Waals surface area contributed by atoms with Gasteiger partial charge >= 0.3 is 0 Å². The van der Waals surface area contributed by atoms with Gasteiger partial charge in [-0.25, -0.2) is 0 Å². The fraction of sp³-hybridized carbons (Fsp3) is 0.632. The van der Waals surface area contributed by atoms with Crippen LogP contribution < -0.4 is 10.2 Å². The first-order valence-corrected chi connectivity index (χ1v) is 9.19. The van der Waals surface area contributed by atoms with Crippen molar-refractivity contribution in [2.45, 2.75) is 32.4 Å². The maximum Gasteiger partial charge on any atom is 0.241 e. The van der Waals surface area contributed by atoms with Crippen LogP contribution in [0.15, 0.2) is 30.3 Å². The number of benzene rings is 1. The number of nitrogens with zero attached hydrogens (tertiary/aromatic N) is 3. The van der Waals surface area contributed by atoms with E-state index in [2.05, 4.69) is 29.0 Å². The number of carbonyl (C=O) groups excluding carboxylic acids is 1. The van der Waals surface area contributed by atoms with Gasteiger partial charge in [0.1, 0.15) is 0 Å². The Kier molecular flexibility index (Phi) is 5.87. The monoisotopic (exact) mass is 330 g/mol.